The third-order valence-electron chi connectivity index (χ3n) is 5.74. The Morgan fingerprint density at radius 1 is 1.03 bits per heavy atom. The fraction of sp³-hybridized carbons (Fsp3) is 0.440. The maximum Gasteiger partial charge on any atom is 0.257 e. The molecular weight excluding hydrogens is 394 g/mol. The molecule has 0 heterocycles. The lowest BCUT2D eigenvalue weighted by atomic mass is 9.95. The Morgan fingerprint density at radius 3 is 2.58 bits per heavy atom. The molecule has 4 rings (SSSR count). The average molecular weight is 424 g/mol. The van der Waals surface area contributed by atoms with Crippen molar-refractivity contribution in [1.82, 2.24) is 5.32 Å². The molecular formula is C25H29NO5. The SMILES string of the molecule is CCCNC(=O)COc1c(-c2cccc3c2CCC3=O)ccc(OC)c1OCC1CC1. The van der Waals surface area contributed by atoms with E-state index in [0.29, 0.717) is 49.2 Å². The minimum Gasteiger partial charge on any atom is -0.493 e. The monoisotopic (exact) mass is 423 g/mol. The first-order valence-electron chi connectivity index (χ1n) is 11.0. The Balaban J connectivity index is 1.74. The highest BCUT2D eigenvalue weighted by Gasteiger charge is 2.28. The number of Topliss-reactive ketones (excluding diaryl/α,β-unsaturated/α-hetero) is 1. The molecule has 1 saturated carbocycles. The highest BCUT2D eigenvalue weighted by Crippen LogP contribution is 2.47. The van der Waals surface area contributed by atoms with Gasteiger partial charge in [0, 0.05) is 24.1 Å². The molecule has 2 aromatic rings. The van der Waals surface area contributed by atoms with Crippen molar-refractivity contribution in [3.05, 3.63) is 41.5 Å². The molecule has 0 bridgehead atoms. The molecule has 2 aliphatic rings. The van der Waals surface area contributed by atoms with E-state index in [4.69, 9.17) is 14.2 Å². The number of hydrogen-bond acceptors (Lipinski definition) is 5. The number of amides is 1. The number of ether oxygens (including phenoxy) is 3. The van der Waals surface area contributed by atoms with Crippen LogP contribution in [0.25, 0.3) is 11.1 Å². The number of nitrogens with one attached hydrogen (secondary N) is 1. The molecule has 0 radical (unpaired) electrons. The third kappa shape index (κ3) is 4.68. The van der Waals surface area contributed by atoms with E-state index in [2.05, 4.69) is 5.32 Å². The van der Waals surface area contributed by atoms with Crippen molar-refractivity contribution in [2.45, 2.75) is 39.0 Å². The van der Waals surface area contributed by atoms with Gasteiger partial charge in [0.2, 0.25) is 5.75 Å². The third-order valence-corrected chi connectivity index (χ3v) is 5.74. The van der Waals surface area contributed by atoms with E-state index in [0.717, 1.165) is 41.5 Å². The Bertz CT molecular complexity index is 980. The molecule has 1 N–H and O–H groups in total. The van der Waals surface area contributed by atoms with Gasteiger partial charge < -0.3 is 19.5 Å². The quantitative estimate of drug-likeness (QED) is 0.620. The lowest BCUT2D eigenvalue weighted by molar-refractivity contribution is -0.123. The van der Waals surface area contributed by atoms with Crippen LogP contribution in [0, 0.1) is 5.92 Å². The summed E-state index contributed by atoms with van der Waals surface area (Å²) in [5, 5.41) is 2.84. The van der Waals surface area contributed by atoms with Gasteiger partial charge in [-0.05, 0) is 54.9 Å². The van der Waals surface area contributed by atoms with Crippen molar-refractivity contribution in [2.75, 3.05) is 26.9 Å². The van der Waals surface area contributed by atoms with Crippen molar-refractivity contribution in [3.8, 4) is 28.4 Å². The standard InChI is InChI=1S/C25H29NO5/c1-3-13-26-23(28)15-31-24-20(17-5-4-6-19-18(17)9-11-21(19)27)10-12-22(29-2)25(24)30-14-16-7-8-16/h4-6,10,12,16H,3,7-9,11,13-15H2,1-2H3,(H,26,28). The number of rotatable bonds is 10. The largest absolute Gasteiger partial charge is 0.493 e. The van der Waals surface area contributed by atoms with E-state index < -0.39 is 0 Å². The van der Waals surface area contributed by atoms with Gasteiger partial charge in [-0.15, -0.1) is 0 Å². The fourth-order valence-electron chi connectivity index (χ4n) is 3.88. The fourth-order valence-corrected chi connectivity index (χ4v) is 3.88. The number of hydrogen-bond donors (Lipinski definition) is 1. The average Bonchev–Trinajstić information content (AvgIpc) is 3.55. The van der Waals surface area contributed by atoms with Crippen molar-refractivity contribution >= 4 is 11.7 Å². The Kier molecular flexibility index (Phi) is 6.44. The molecule has 1 amide bonds. The summed E-state index contributed by atoms with van der Waals surface area (Å²) in [5.74, 6) is 2.09. The van der Waals surface area contributed by atoms with Crippen LogP contribution >= 0.6 is 0 Å². The summed E-state index contributed by atoms with van der Waals surface area (Å²) in [6, 6.07) is 9.54. The maximum absolute atomic E-state index is 12.3. The first-order chi connectivity index (χ1) is 15.1. The number of benzene rings is 2. The van der Waals surface area contributed by atoms with Crippen LogP contribution in [-0.4, -0.2) is 38.6 Å². The molecule has 1 fully saturated rings. The van der Waals surface area contributed by atoms with E-state index in [1.165, 1.54) is 0 Å². The van der Waals surface area contributed by atoms with Gasteiger partial charge >= 0.3 is 0 Å². The van der Waals surface area contributed by atoms with Gasteiger partial charge in [0.1, 0.15) is 0 Å². The van der Waals surface area contributed by atoms with Crippen molar-refractivity contribution in [2.24, 2.45) is 5.92 Å². The lowest BCUT2D eigenvalue weighted by Gasteiger charge is -2.20. The molecule has 0 saturated heterocycles. The van der Waals surface area contributed by atoms with Crippen LogP contribution in [0.2, 0.25) is 0 Å². The van der Waals surface area contributed by atoms with E-state index in [1.807, 2.05) is 37.3 Å². The summed E-state index contributed by atoms with van der Waals surface area (Å²) < 4.78 is 17.8. The van der Waals surface area contributed by atoms with Crippen LogP contribution in [0.4, 0.5) is 0 Å². The normalized spacial score (nSPS) is 14.8. The van der Waals surface area contributed by atoms with Crippen molar-refractivity contribution in [3.63, 3.8) is 0 Å². The minimum atomic E-state index is -0.183. The molecule has 0 spiro atoms. The van der Waals surface area contributed by atoms with Gasteiger partial charge in [0.05, 0.1) is 13.7 Å². The summed E-state index contributed by atoms with van der Waals surface area (Å²) >= 11 is 0. The van der Waals surface area contributed by atoms with Crippen LogP contribution < -0.4 is 19.5 Å². The minimum absolute atomic E-state index is 0.117. The van der Waals surface area contributed by atoms with Crippen LogP contribution in [0.3, 0.4) is 0 Å². The molecule has 0 aliphatic heterocycles. The first kappa shape index (κ1) is 21.2. The molecule has 31 heavy (non-hydrogen) atoms. The number of fused-ring (bicyclic) bond motifs is 1. The Morgan fingerprint density at radius 2 is 1.84 bits per heavy atom. The summed E-state index contributed by atoms with van der Waals surface area (Å²) in [5.41, 5.74) is 3.53. The molecule has 0 atom stereocenters. The molecule has 0 unspecified atom stereocenters. The lowest BCUT2D eigenvalue weighted by Crippen LogP contribution is -2.29. The number of ketones is 1. The smallest absolute Gasteiger partial charge is 0.257 e. The van der Waals surface area contributed by atoms with Crippen LogP contribution in [0.5, 0.6) is 17.2 Å². The zero-order valence-electron chi connectivity index (χ0n) is 18.2. The zero-order valence-corrected chi connectivity index (χ0v) is 18.2. The first-order valence-corrected chi connectivity index (χ1v) is 11.0. The number of carbonyl (C=O) groups is 2. The Labute approximate surface area is 182 Å². The summed E-state index contributed by atoms with van der Waals surface area (Å²) in [4.78, 5) is 24.5. The second-order valence-corrected chi connectivity index (χ2v) is 8.12. The second-order valence-electron chi connectivity index (χ2n) is 8.12. The zero-order chi connectivity index (χ0) is 21.8. The van der Waals surface area contributed by atoms with E-state index in [-0.39, 0.29) is 18.3 Å². The van der Waals surface area contributed by atoms with Crippen LogP contribution in [0.15, 0.2) is 30.3 Å². The topological polar surface area (TPSA) is 73.9 Å². The van der Waals surface area contributed by atoms with Crippen molar-refractivity contribution < 1.29 is 23.8 Å². The van der Waals surface area contributed by atoms with Gasteiger partial charge in [-0.1, -0.05) is 25.1 Å². The predicted octanol–water partition coefficient (Wildman–Crippen LogP) is 4.18. The number of carbonyl (C=O) groups excluding carboxylic acids is 2. The van der Waals surface area contributed by atoms with Gasteiger partial charge in [-0.3, -0.25) is 9.59 Å². The van der Waals surface area contributed by atoms with Gasteiger partial charge in [0.15, 0.2) is 23.9 Å². The van der Waals surface area contributed by atoms with Gasteiger partial charge in [-0.25, -0.2) is 0 Å². The van der Waals surface area contributed by atoms with E-state index in [9.17, 15) is 9.59 Å². The predicted molar refractivity (Wildman–Crippen MR) is 118 cm³/mol. The van der Waals surface area contributed by atoms with Gasteiger partial charge in [0.25, 0.3) is 5.91 Å². The highest BCUT2D eigenvalue weighted by atomic mass is 16.5. The molecule has 6 nitrogen and oxygen atoms in total. The number of methoxy groups -OCH3 is 1. The second kappa shape index (κ2) is 9.41. The van der Waals surface area contributed by atoms with Crippen LogP contribution in [-0.2, 0) is 11.2 Å². The molecule has 6 heteroatoms. The molecule has 0 aromatic heterocycles. The van der Waals surface area contributed by atoms with E-state index >= 15 is 0 Å². The summed E-state index contributed by atoms with van der Waals surface area (Å²) in [6.07, 6.45) is 4.39. The van der Waals surface area contributed by atoms with E-state index in [1.54, 1.807) is 7.11 Å². The Hall–Kier alpha value is -3.02. The van der Waals surface area contributed by atoms with Crippen LogP contribution in [0.1, 0.15) is 48.5 Å². The molecule has 2 aliphatic carbocycles. The van der Waals surface area contributed by atoms with Crippen molar-refractivity contribution in [1.29, 1.82) is 0 Å². The summed E-state index contributed by atoms with van der Waals surface area (Å²) in [6.45, 7) is 3.08. The van der Waals surface area contributed by atoms with Gasteiger partial charge in [-0.2, -0.15) is 0 Å². The highest BCUT2D eigenvalue weighted by molar-refractivity contribution is 6.02. The molecule has 164 valence electrons. The summed E-state index contributed by atoms with van der Waals surface area (Å²) in [7, 11) is 1.59. The maximum atomic E-state index is 12.3. The molecule has 2 aromatic carbocycles.